The largest absolute Gasteiger partial charge is 0.399 e. The minimum absolute atomic E-state index is 0.143. The lowest BCUT2D eigenvalue weighted by Gasteiger charge is -2.07. The first kappa shape index (κ1) is 17.5. The number of nitrogens with one attached hydrogen (secondary N) is 2. The molecule has 0 unspecified atom stereocenters. The summed E-state index contributed by atoms with van der Waals surface area (Å²) in [5.74, 6) is -0.600. The van der Waals surface area contributed by atoms with Gasteiger partial charge in [-0.3, -0.25) is 4.79 Å². The number of hydrogen-bond donors (Lipinski definition) is 4. The molecule has 0 atom stereocenters. The van der Waals surface area contributed by atoms with Crippen molar-refractivity contribution in [1.29, 1.82) is 5.26 Å². The molecule has 24 heavy (non-hydrogen) atoms. The standard InChI is InChI=1S/C16H13Cl2N5O/c17-12-6-11(2-3-14(12)21)23-16(24)9(7-19)8-22-15-4-1-10(20)5-13(15)18/h1-6,8,22H,20-21H2,(H,23,24)/b9-8-. The molecule has 0 saturated carbocycles. The highest BCUT2D eigenvalue weighted by atomic mass is 35.5. The van der Waals surface area contributed by atoms with Gasteiger partial charge in [-0.1, -0.05) is 23.2 Å². The first-order chi connectivity index (χ1) is 11.4. The predicted octanol–water partition coefficient (Wildman–Crippen LogP) is 3.62. The smallest absolute Gasteiger partial charge is 0.267 e. The Hall–Kier alpha value is -2.88. The average Bonchev–Trinajstić information content (AvgIpc) is 2.53. The molecule has 0 aliphatic rings. The Morgan fingerprint density at radius 2 is 1.88 bits per heavy atom. The van der Waals surface area contributed by atoms with Crippen LogP contribution in [0.2, 0.25) is 10.0 Å². The highest BCUT2D eigenvalue weighted by Gasteiger charge is 2.10. The van der Waals surface area contributed by atoms with Crippen LogP contribution in [-0.4, -0.2) is 5.91 Å². The molecule has 0 radical (unpaired) electrons. The zero-order valence-corrected chi connectivity index (χ0v) is 13.8. The summed E-state index contributed by atoms with van der Waals surface area (Å²) in [6, 6.07) is 11.3. The number of anilines is 4. The van der Waals surface area contributed by atoms with Crippen LogP contribution in [0, 0.1) is 11.3 Å². The van der Waals surface area contributed by atoms with E-state index < -0.39 is 5.91 Å². The number of carbonyl (C=O) groups is 1. The number of nitrogens with two attached hydrogens (primary N) is 2. The second-order valence-corrected chi connectivity index (χ2v) is 5.56. The molecule has 2 rings (SSSR count). The second-order valence-electron chi connectivity index (χ2n) is 4.74. The van der Waals surface area contributed by atoms with Crippen molar-refractivity contribution in [1.82, 2.24) is 0 Å². The normalized spacial score (nSPS) is 10.8. The molecule has 0 aliphatic heterocycles. The van der Waals surface area contributed by atoms with Gasteiger partial charge in [-0.15, -0.1) is 0 Å². The molecule has 6 N–H and O–H groups in total. The molecule has 0 heterocycles. The Labute approximate surface area is 148 Å². The van der Waals surface area contributed by atoms with Gasteiger partial charge in [0, 0.05) is 17.6 Å². The molecule has 2 aromatic rings. The maximum atomic E-state index is 12.1. The van der Waals surface area contributed by atoms with Crippen molar-refractivity contribution in [3.63, 3.8) is 0 Å². The van der Waals surface area contributed by atoms with Crippen LogP contribution in [0.25, 0.3) is 0 Å². The monoisotopic (exact) mass is 361 g/mol. The number of halogens is 2. The van der Waals surface area contributed by atoms with Gasteiger partial charge in [0.1, 0.15) is 11.6 Å². The van der Waals surface area contributed by atoms with E-state index in [1.165, 1.54) is 12.3 Å². The van der Waals surface area contributed by atoms with Gasteiger partial charge in [-0.05, 0) is 36.4 Å². The quantitative estimate of drug-likeness (QED) is 0.377. The summed E-state index contributed by atoms with van der Waals surface area (Å²) >= 11 is 11.9. The van der Waals surface area contributed by atoms with Crippen LogP contribution >= 0.6 is 23.2 Å². The molecule has 0 spiro atoms. The molecular weight excluding hydrogens is 349 g/mol. The number of nitriles is 1. The van der Waals surface area contributed by atoms with E-state index in [4.69, 9.17) is 39.9 Å². The molecule has 2 aromatic carbocycles. The fourth-order valence-corrected chi connectivity index (χ4v) is 2.17. The summed E-state index contributed by atoms with van der Waals surface area (Å²) in [5.41, 5.74) is 12.9. The van der Waals surface area contributed by atoms with Gasteiger partial charge in [0.2, 0.25) is 0 Å². The Morgan fingerprint density at radius 1 is 1.12 bits per heavy atom. The SMILES string of the molecule is N#C/C(=C/Nc1ccc(N)cc1Cl)C(=O)Nc1ccc(N)c(Cl)c1. The number of amides is 1. The van der Waals surface area contributed by atoms with Crippen molar-refractivity contribution in [2.45, 2.75) is 0 Å². The molecule has 0 aromatic heterocycles. The van der Waals surface area contributed by atoms with E-state index in [9.17, 15) is 4.79 Å². The lowest BCUT2D eigenvalue weighted by atomic mass is 10.2. The molecule has 122 valence electrons. The molecule has 0 aliphatic carbocycles. The topological polar surface area (TPSA) is 117 Å². The minimum Gasteiger partial charge on any atom is -0.399 e. The van der Waals surface area contributed by atoms with E-state index in [0.29, 0.717) is 32.8 Å². The number of nitrogen functional groups attached to an aromatic ring is 2. The Kier molecular flexibility index (Phi) is 5.53. The lowest BCUT2D eigenvalue weighted by molar-refractivity contribution is -0.112. The van der Waals surface area contributed by atoms with Crippen molar-refractivity contribution in [3.05, 3.63) is 58.2 Å². The average molecular weight is 362 g/mol. The van der Waals surface area contributed by atoms with Crippen LogP contribution in [0.5, 0.6) is 0 Å². The van der Waals surface area contributed by atoms with Crippen LogP contribution in [0.4, 0.5) is 22.7 Å². The van der Waals surface area contributed by atoms with Crippen LogP contribution in [-0.2, 0) is 4.79 Å². The van der Waals surface area contributed by atoms with Crippen LogP contribution in [0.1, 0.15) is 0 Å². The van der Waals surface area contributed by atoms with Gasteiger partial charge in [-0.25, -0.2) is 0 Å². The lowest BCUT2D eigenvalue weighted by Crippen LogP contribution is -2.14. The first-order valence-corrected chi connectivity index (χ1v) is 7.44. The summed E-state index contributed by atoms with van der Waals surface area (Å²) in [5, 5.41) is 15.2. The number of rotatable bonds is 4. The van der Waals surface area contributed by atoms with Crippen molar-refractivity contribution < 1.29 is 4.79 Å². The number of carbonyl (C=O) groups excluding carboxylic acids is 1. The van der Waals surface area contributed by atoms with Crippen LogP contribution in [0.3, 0.4) is 0 Å². The van der Waals surface area contributed by atoms with E-state index in [1.807, 2.05) is 6.07 Å². The third-order valence-corrected chi connectivity index (χ3v) is 3.63. The number of benzene rings is 2. The maximum Gasteiger partial charge on any atom is 0.267 e. The zero-order valence-electron chi connectivity index (χ0n) is 12.3. The predicted molar refractivity (Wildman–Crippen MR) is 97.7 cm³/mol. The van der Waals surface area contributed by atoms with Gasteiger partial charge < -0.3 is 22.1 Å². The fraction of sp³-hybridized carbons (Fsp3) is 0. The summed E-state index contributed by atoms with van der Waals surface area (Å²) in [7, 11) is 0. The highest BCUT2D eigenvalue weighted by Crippen LogP contribution is 2.25. The van der Waals surface area contributed by atoms with Crippen molar-refractivity contribution in [2.24, 2.45) is 0 Å². The summed E-state index contributed by atoms with van der Waals surface area (Å²) in [4.78, 5) is 12.1. The third kappa shape index (κ3) is 4.32. The van der Waals surface area contributed by atoms with E-state index in [0.717, 1.165) is 0 Å². The van der Waals surface area contributed by atoms with Crippen molar-refractivity contribution >= 4 is 51.9 Å². The number of hydrogen-bond acceptors (Lipinski definition) is 5. The summed E-state index contributed by atoms with van der Waals surface area (Å²) in [6.45, 7) is 0. The van der Waals surface area contributed by atoms with Gasteiger partial charge in [0.05, 0.1) is 21.4 Å². The fourth-order valence-electron chi connectivity index (χ4n) is 1.75. The van der Waals surface area contributed by atoms with Gasteiger partial charge in [0.15, 0.2) is 0 Å². The molecule has 0 saturated heterocycles. The Balaban J connectivity index is 2.13. The molecule has 0 bridgehead atoms. The molecular formula is C16H13Cl2N5O. The van der Waals surface area contributed by atoms with Crippen LogP contribution < -0.4 is 22.1 Å². The van der Waals surface area contributed by atoms with Crippen LogP contribution in [0.15, 0.2) is 48.2 Å². The van der Waals surface area contributed by atoms with E-state index in [2.05, 4.69) is 10.6 Å². The first-order valence-electron chi connectivity index (χ1n) is 6.69. The molecule has 6 nitrogen and oxygen atoms in total. The zero-order chi connectivity index (χ0) is 17.7. The minimum atomic E-state index is -0.600. The van der Waals surface area contributed by atoms with Crippen molar-refractivity contribution in [3.8, 4) is 6.07 Å². The van der Waals surface area contributed by atoms with Gasteiger partial charge >= 0.3 is 0 Å². The van der Waals surface area contributed by atoms with E-state index in [1.54, 1.807) is 30.3 Å². The van der Waals surface area contributed by atoms with Gasteiger partial charge in [0.25, 0.3) is 5.91 Å². The third-order valence-electron chi connectivity index (χ3n) is 2.99. The molecule has 1 amide bonds. The molecule has 8 heteroatoms. The van der Waals surface area contributed by atoms with Gasteiger partial charge in [-0.2, -0.15) is 5.26 Å². The van der Waals surface area contributed by atoms with E-state index >= 15 is 0 Å². The highest BCUT2D eigenvalue weighted by molar-refractivity contribution is 6.33. The Bertz CT molecular complexity index is 858. The second kappa shape index (κ2) is 7.59. The Morgan fingerprint density at radius 3 is 2.50 bits per heavy atom. The summed E-state index contributed by atoms with van der Waals surface area (Å²) in [6.07, 6.45) is 1.26. The van der Waals surface area contributed by atoms with E-state index in [-0.39, 0.29) is 5.57 Å². The van der Waals surface area contributed by atoms with Crippen molar-refractivity contribution in [2.75, 3.05) is 22.1 Å². The number of nitrogens with zero attached hydrogens (tertiary/aromatic N) is 1. The summed E-state index contributed by atoms with van der Waals surface area (Å²) < 4.78 is 0. The maximum absolute atomic E-state index is 12.1. The molecule has 0 fully saturated rings.